The summed E-state index contributed by atoms with van der Waals surface area (Å²) in [5, 5.41) is 0. The van der Waals surface area contributed by atoms with Gasteiger partial charge in [0.15, 0.2) is 0 Å². The Bertz CT molecular complexity index is 407. The molecule has 3 heteroatoms. The highest BCUT2D eigenvalue weighted by atomic mass is 19.1. The summed E-state index contributed by atoms with van der Waals surface area (Å²) < 4.78 is 12.8. The Labute approximate surface area is 107 Å². The van der Waals surface area contributed by atoms with Crippen LogP contribution in [0.4, 0.5) is 4.39 Å². The fourth-order valence-electron chi connectivity index (χ4n) is 2.72. The molecule has 0 atom stereocenters. The van der Waals surface area contributed by atoms with Crippen molar-refractivity contribution < 1.29 is 9.18 Å². The van der Waals surface area contributed by atoms with Crippen molar-refractivity contribution >= 4 is 5.78 Å². The number of rotatable bonds is 4. The Morgan fingerprint density at radius 3 is 2.39 bits per heavy atom. The molecule has 0 bridgehead atoms. The largest absolute Gasteiger partial charge is 0.325 e. The molecule has 0 aliphatic heterocycles. The topological polar surface area (TPSA) is 43.1 Å². The van der Waals surface area contributed by atoms with Gasteiger partial charge >= 0.3 is 0 Å². The molecule has 0 unspecified atom stereocenters. The van der Waals surface area contributed by atoms with E-state index in [0.29, 0.717) is 12.8 Å². The molecule has 0 radical (unpaired) electrons. The number of hydrogen-bond donors (Lipinski definition) is 1. The van der Waals surface area contributed by atoms with Gasteiger partial charge in [-0.3, -0.25) is 4.79 Å². The van der Waals surface area contributed by atoms with Crippen LogP contribution in [0.5, 0.6) is 0 Å². The van der Waals surface area contributed by atoms with E-state index in [4.69, 9.17) is 5.73 Å². The van der Waals surface area contributed by atoms with Crippen LogP contribution in [0.3, 0.4) is 0 Å². The lowest BCUT2D eigenvalue weighted by Gasteiger charge is -2.32. The van der Waals surface area contributed by atoms with Crippen LogP contribution in [0.2, 0.25) is 0 Å². The molecule has 2 N–H and O–H groups in total. The van der Waals surface area contributed by atoms with Gasteiger partial charge in [0.2, 0.25) is 0 Å². The number of ketones is 1. The summed E-state index contributed by atoms with van der Waals surface area (Å²) in [5.74, 6) is -0.111. The number of hydrogen-bond acceptors (Lipinski definition) is 2. The summed E-state index contributed by atoms with van der Waals surface area (Å²) in [7, 11) is 0. The van der Waals surface area contributed by atoms with E-state index in [1.165, 1.54) is 18.6 Å². The van der Waals surface area contributed by atoms with Gasteiger partial charge in [-0.1, -0.05) is 31.4 Å². The molecule has 0 aromatic heterocycles. The van der Waals surface area contributed by atoms with Crippen molar-refractivity contribution in [2.75, 3.05) is 0 Å². The van der Waals surface area contributed by atoms with E-state index in [0.717, 1.165) is 31.2 Å². The molecule has 1 saturated carbocycles. The van der Waals surface area contributed by atoms with E-state index in [1.54, 1.807) is 12.1 Å². The molecule has 18 heavy (non-hydrogen) atoms. The number of nitrogens with two attached hydrogens (primary N) is 1. The summed E-state index contributed by atoms with van der Waals surface area (Å²) in [6.45, 7) is 0. The first-order valence-electron chi connectivity index (χ1n) is 6.62. The fourth-order valence-corrected chi connectivity index (χ4v) is 2.72. The van der Waals surface area contributed by atoms with E-state index in [-0.39, 0.29) is 17.1 Å². The smallest absolute Gasteiger partial charge is 0.139 e. The quantitative estimate of drug-likeness (QED) is 0.891. The van der Waals surface area contributed by atoms with Crippen molar-refractivity contribution in [2.45, 2.75) is 50.5 Å². The number of benzene rings is 1. The van der Waals surface area contributed by atoms with E-state index in [9.17, 15) is 9.18 Å². The van der Waals surface area contributed by atoms with Gasteiger partial charge in [-0.15, -0.1) is 0 Å². The van der Waals surface area contributed by atoms with Gasteiger partial charge in [-0.25, -0.2) is 4.39 Å². The maximum Gasteiger partial charge on any atom is 0.139 e. The zero-order valence-electron chi connectivity index (χ0n) is 10.6. The van der Waals surface area contributed by atoms with Crippen molar-refractivity contribution in [1.82, 2.24) is 0 Å². The molecule has 2 rings (SSSR count). The Kier molecular flexibility index (Phi) is 4.12. The fraction of sp³-hybridized carbons (Fsp3) is 0.533. The Morgan fingerprint density at radius 2 is 1.78 bits per heavy atom. The molecule has 0 saturated heterocycles. The Morgan fingerprint density at radius 1 is 1.17 bits per heavy atom. The molecule has 0 amide bonds. The number of carbonyl (C=O) groups excluding carboxylic acids is 1. The van der Waals surface area contributed by atoms with Crippen molar-refractivity contribution in [1.29, 1.82) is 0 Å². The lowest BCUT2D eigenvalue weighted by atomic mass is 9.78. The van der Waals surface area contributed by atoms with Crippen molar-refractivity contribution in [3.05, 3.63) is 35.6 Å². The van der Waals surface area contributed by atoms with Crippen LogP contribution in [-0.4, -0.2) is 11.3 Å². The summed E-state index contributed by atoms with van der Waals surface area (Å²) >= 11 is 0. The first kappa shape index (κ1) is 13.2. The predicted octanol–water partition coefficient (Wildman–Crippen LogP) is 2.99. The Balaban J connectivity index is 1.90. The van der Waals surface area contributed by atoms with Crippen LogP contribution in [0.1, 0.15) is 44.1 Å². The summed E-state index contributed by atoms with van der Waals surface area (Å²) in [6.07, 6.45) is 6.18. The van der Waals surface area contributed by atoms with Crippen LogP contribution in [0.25, 0.3) is 0 Å². The van der Waals surface area contributed by atoms with Gasteiger partial charge in [-0.2, -0.15) is 0 Å². The molecule has 1 aliphatic rings. The number of Topliss-reactive ketones (excluding diaryl/α,β-unsaturated/α-hetero) is 1. The van der Waals surface area contributed by atoms with Gasteiger partial charge in [0.1, 0.15) is 11.6 Å². The average Bonchev–Trinajstić information content (AvgIpc) is 2.32. The van der Waals surface area contributed by atoms with Crippen LogP contribution < -0.4 is 5.73 Å². The normalized spacial score (nSPS) is 18.6. The first-order valence-corrected chi connectivity index (χ1v) is 6.62. The van der Waals surface area contributed by atoms with E-state index < -0.39 is 0 Å². The van der Waals surface area contributed by atoms with Crippen LogP contribution >= 0.6 is 0 Å². The van der Waals surface area contributed by atoms with Gasteiger partial charge in [0.05, 0.1) is 0 Å². The molecule has 1 fully saturated rings. The minimum absolute atomic E-state index is 0.158. The van der Waals surface area contributed by atoms with Crippen LogP contribution in [0.15, 0.2) is 24.3 Å². The van der Waals surface area contributed by atoms with E-state index >= 15 is 0 Å². The van der Waals surface area contributed by atoms with Gasteiger partial charge < -0.3 is 5.73 Å². The number of halogens is 1. The average molecular weight is 249 g/mol. The molecular formula is C15H20FNO. The minimum atomic E-state index is -0.296. The monoisotopic (exact) mass is 249 g/mol. The van der Waals surface area contributed by atoms with Crippen LogP contribution in [-0.2, 0) is 11.2 Å². The van der Waals surface area contributed by atoms with Gasteiger partial charge in [-0.05, 0) is 30.5 Å². The third-order valence-corrected chi connectivity index (χ3v) is 3.71. The third-order valence-electron chi connectivity index (χ3n) is 3.71. The predicted molar refractivity (Wildman–Crippen MR) is 69.7 cm³/mol. The second kappa shape index (κ2) is 5.61. The lowest BCUT2D eigenvalue weighted by Crippen LogP contribution is -2.43. The molecule has 0 heterocycles. The summed E-state index contributed by atoms with van der Waals surface area (Å²) in [4.78, 5) is 12.0. The van der Waals surface area contributed by atoms with Gasteiger partial charge in [0.25, 0.3) is 0 Å². The highest BCUT2D eigenvalue weighted by molar-refractivity contribution is 5.82. The summed E-state index contributed by atoms with van der Waals surface area (Å²) in [5.41, 5.74) is 6.82. The zero-order valence-corrected chi connectivity index (χ0v) is 10.6. The van der Waals surface area contributed by atoms with Crippen LogP contribution in [0, 0.1) is 5.82 Å². The highest BCUT2D eigenvalue weighted by Gasteiger charge is 2.29. The molecule has 2 nitrogen and oxygen atoms in total. The second-order valence-corrected chi connectivity index (χ2v) is 5.44. The minimum Gasteiger partial charge on any atom is -0.325 e. The number of carbonyl (C=O) groups is 1. The third kappa shape index (κ3) is 3.64. The van der Waals surface area contributed by atoms with Crippen molar-refractivity contribution in [3.8, 4) is 0 Å². The van der Waals surface area contributed by atoms with E-state index in [2.05, 4.69) is 0 Å². The maximum absolute atomic E-state index is 12.8. The highest BCUT2D eigenvalue weighted by Crippen LogP contribution is 2.29. The molecule has 98 valence electrons. The van der Waals surface area contributed by atoms with Crippen molar-refractivity contribution in [2.24, 2.45) is 5.73 Å². The first-order chi connectivity index (χ1) is 8.57. The molecule has 1 aromatic carbocycles. The maximum atomic E-state index is 12.8. The molecule has 1 aliphatic carbocycles. The zero-order chi connectivity index (χ0) is 13.0. The Hall–Kier alpha value is -1.22. The van der Waals surface area contributed by atoms with Gasteiger partial charge in [0, 0.05) is 18.4 Å². The van der Waals surface area contributed by atoms with E-state index in [1.807, 2.05) is 0 Å². The molecular weight excluding hydrogens is 229 g/mol. The second-order valence-electron chi connectivity index (χ2n) is 5.44. The van der Waals surface area contributed by atoms with Crippen molar-refractivity contribution in [3.63, 3.8) is 0 Å². The molecule has 0 spiro atoms. The standard InChI is InChI=1S/C15H20FNO/c16-13-6-4-12(5-7-13)10-14(18)11-15(17)8-2-1-3-9-15/h4-7H,1-3,8-11,17H2. The summed E-state index contributed by atoms with van der Waals surface area (Å²) in [6, 6.07) is 6.11. The lowest BCUT2D eigenvalue weighted by molar-refractivity contribution is -0.119. The SMILES string of the molecule is NC1(CC(=O)Cc2ccc(F)cc2)CCCCC1. The molecule has 1 aromatic rings.